The Balaban J connectivity index is 2.30. The van der Waals surface area contributed by atoms with Crippen molar-refractivity contribution in [3.05, 3.63) is 22.2 Å². The number of nitrogens with zero attached hydrogens (tertiary/aromatic N) is 1. The molecule has 1 heterocycles. The Bertz CT molecular complexity index is 467. The number of alkyl halides is 1. The molecule has 1 fully saturated rings. The summed E-state index contributed by atoms with van der Waals surface area (Å²) in [7, 11) is 0. The van der Waals surface area contributed by atoms with Crippen molar-refractivity contribution in [2.45, 2.75) is 19.4 Å². The number of aromatic hydroxyl groups is 1. The number of phenols is 1. The normalized spacial score (nSPS) is 17.7. The highest BCUT2D eigenvalue weighted by Crippen LogP contribution is 2.39. The van der Waals surface area contributed by atoms with Gasteiger partial charge in [-0.3, -0.25) is 9.29 Å². The predicted octanol–water partition coefficient (Wildman–Crippen LogP) is 2.86. The van der Waals surface area contributed by atoms with Crippen LogP contribution in [0, 0.1) is 0 Å². The SMILES string of the molecule is CCOc1cc([C@@H](CCF)N2CCNCC2)cc(Br)c1O. The van der Waals surface area contributed by atoms with Gasteiger partial charge in [-0.2, -0.15) is 0 Å². The molecule has 1 aromatic rings. The third-order valence-corrected chi connectivity index (χ3v) is 4.31. The average Bonchev–Trinajstić information content (AvgIpc) is 2.50. The van der Waals surface area contributed by atoms with Crippen LogP contribution >= 0.6 is 15.9 Å². The summed E-state index contributed by atoms with van der Waals surface area (Å²) >= 11 is 3.36. The molecule has 0 bridgehead atoms. The Kier molecular flexibility index (Phi) is 6.26. The van der Waals surface area contributed by atoms with Gasteiger partial charge in [0.1, 0.15) is 0 Å². The number of hydrogen-bond acceptors (Lipinski definition) is 4. The minimum absolute atomic E-state index is 0.00760. The number of ether oxygens (including phenoxy) is 1. The third-order valence-electron chi connectivity index (χ3n) is 3.71. The van der Waals surface area contributed by atoms with Crippen molar-refractivity contribution in [1.82, 2.24) is 10.2 Å². The Hall–Kier alpha value is -0.850. The molecule has 0 saturated carbocycles. The summed E-state index contributed by atoms with van der Waals surface area (Å²) in [6, 6.07) is 3.69. The Morgan fingerprint density at radius 1 is 1.43 bits per heavy atom. The quantitative estimate of drug-likeness (QED) is 0.818. The maximum Gasteiger partial charge on any atom is 0.172 e. The zero-order valence-corrected chi connectivity index (χ0v) is 13.8. The van der Waals surface area contributed by atoms with Gasteiger partial charge in [0.25, 0.3) is 0 Å². The van der Waals surface area contributed by atoms with Gasteiger partial charge in [0.2, 0.25) is 0 Å². The van der Waals surface area contributed by atoms with Gasteiger partial charge in [0.15, 0.2) is 11.5 Å². The molecule has 2 N–H and O–H groups in total. The van der Waals surface area contributed by atoms with E-state index in [1.54, 1.807) is 0 Å². The van der Waals surface area contributed by atoms with Crippen LogP contribution in [0.5, 0.6) is 11.5 Å². The van der Waals surface area contributed by atoms with Gasteiger partial charge in [-0.15, -0.1) is 0 Å². The molecule has 1 aliphatic heterocycles. The van der Waals surface area contributed by atoms with Gasteiger partial charge in [0, 0.05) is 32.2 Å². The Morgan fingerprint density at radius 3 is 2.76 bits per heavy atom. The van der Waals surface area contributed by atoms with Crippen LogP contribution in [0.3, 0.4) is 0 Å². The summed E-state index contributed by atoms with van der Waals surface area (Å²) in [5, 5.41) is 13.3. The monoisotopic (exact) mass is 360 g/mol. The van der Waals surface area contributed by atoms with E-state index in [2.05, 4.69) is 26.1 Å². The van der Waals surface area contributed by atoms with Crippen molar-refractivity contribution in [3.63, 3.8) is 0 Å². The number of hydrogen-bond donors (Lipinski definition) is 2. The molecule has 1 saturated heterocycles. The third kappa shape index (κ3) is 4.08. The second-order valence-electron chi connectivity index (χ2n) is 5.06. The summed E-state index contributed by atoms with van der Waals surface area (Å²) in [6.45, 7) is 5.61. The number of halogens is 2. The van der Waals surface area contributed by atoms with Gasteiger partial charge in [-0.25, -0.2) is 0 Å². The summed E-state index contributed by atoms with van der Waals surface area (Å²) < 4.78 is 19.0. The molecule has 1 aromatic carbocycles. The van der Waals surface area contributed by atoms with Crippen LogP contribution < -0.4 is 10.1 Å². The molecule has 0 aromatic heterocycles. The van der Waals surface area contributed by atoms with Crippen LogP contribution in [-0.4, -0.2) is 49.5 Å². The van der Waals surface area contributed by atoms with Crippen molar-refractivity contribution in [1.29, 1.82) is 0 Å². The topological polar surface area (TPSA) is 44.7 Å². The fourth-order valence-corrected chi connectivity index (χ4v) is 3.17. The molecule has 0 radical (unpaired) electrons. The first-order valence-electron chi connectivity index (χ1n) is 7.33. The maximum atomic E-state index is 13.0. The molecule has 21 heavy (non-hydrogen) atoms. The smallest absolute Gasteiger partial charge is 0.172 e. The van der Waals surface area contributed by atoms with Crippen LogP contribution in [0.2, 0.25) is 0 Å². The van der Waals surface area contributed by atoms with Gasteiger partial charge in [-0.1, -0.05) is 0 Å². The van der Waals surface area contributed by atoms with E-state index in [-0.39, 0.29) is 18.5 Å². The fourth-order valence-electron chi connectivity index (χ4n) is 2.71. The summed E-state index contributed by atoms with van der Waals surface area (Å²) in [5.41, 5.74) is 0.975. The van der Waals surface area contributed by atoms with Crippen LogP contribution in [-0.2, 0) is 0 Å². The van der Waals surface area contributed by atoms with E-state index in [0.717, 1.165) is 31.7 Å². The molecule has 118 valence electrons. The van der Waals surface area contributed by atoms with Crippen molar-refractivity contribution < 1.29 is 14.2 Å². The highest BCUT2D eigenvalue weighted by molar-refractivity contribution is 9.10. The number of rotatable bonds is 6. The average molecular weight is 361 g/mol. The van der Waals surface area contributed by atoms with Gasteiger partial charge in [0.05, 0.1) is 17.8 Å². The van der Waals surface area contributed by atoms with E-state index >= 15 is 0 Å². The standard InChI is InChI=1S/C15H22BrFN2O2/c1-2-21-14-10-11(9-12(16)15(14)20)13(3-4-17)19-7-5-18-6-8-19/h9-10,13,18,20H,2-8H2,1H3/t13-/m1/s1. The number of phenolic OH excluding ortho intramolecular Hbond substituents is 1. The zero-order valence-electron chi connectivity index (χ0n) is 12.2. The molecule has 0 unspecified atom stereocenters. The summed E-state index contributed by atoms with van der Waals surface area (Å²) in [5.74, 6) is 0.542. The maximum absolute atomic E-state index is 13.0. The lowest BCUT2D eigenvalue weighted by atomic mass is 10.0. The van der Waals surface area contributed by atoms with Crippen LogP contribution in [0.1, 0.15) is 24.9 Å². The van der Waals surface area contributed by atoms with E-state index < -0.39 is 0 Å². The van der Waals surface area contributed by atoms with Crippen molar-refractivity contribution in [2.75, 3.05) is 39.5 Å². The summed E-state index contributed by atoms with van der Waals surface area (Å²) in [6.07, 6.45) is 0.447. The van der Waals surface area contributed by atoms with E-state index in [4.69, 9.17) is 4.74 Å². The lowest BCUT2D eigenvalue weighted by molar-refractivity contribution is 0.157. The molecule has 6 heteroatoms. The molecule has 4 nitrogen and oxygen atoms in total. The molecule has 2 rings (SSSR count). The largest absolute Gasteiger partial charge is 0.503 e. The zero-order chi connectivity index (χ0) is 15.2. The second kappa shape index (κ2) is 7.96. The fraction of sp³-hybridized carbons (Fsp3) is 0.600. The molecule has 1 aliphatic rings. The second-order valence-corrected chi connectivity index (χ2v) is 5.92. The molecule has 0 aliphatic carbocycles. The van der Waals surface area contributed by atoms with Crippen LogP contribution in [0.4, 0.5) is 4.39 Å². The lowest BCUT2D eigenvalue weighted by Crippen LogP contribution is -2.45. The van der Waals surface area contributed by atoms with E-state index in [1.807, 2.05) is 19.1 Å². The lowest BCUT2D eigenvalue weighted by Gasteiger charge is -2.35. The Morgan fingerprint density at radius 2 is 2.14 bits per heavy atom. The van der Waals surface area contributed by atoms with Crippen LogP contribution in [0.25, 0.3) is 0 Å². The molecular formula is C15H22BrFN2O2. The van der Waals surface area contributed by atoms with Crippen molar-refractivity contribution >= 4 is 15.9 Å². The highest BCUT2D eigenvalue weighted by Gasteiger charge is 2.24. The highest BCUT2D eigenvalue weighted by atomic mass is 79.9. The van der Waals surface area contributed by atoms with Crippen molar-refractivity contribution in [3.8, 4) is 11.5 Å². The first kappa shape index (κ1) is 16.5. The Labute approximate surface area is 133 Å². The minimum atomic E-state index is -0.364. The van der Waals surface area contributed by atoms with E-state index in [9.17, 15) is 9.50 Å². The number of nitrogens with one attached hydrogen (secondary N) is 1. The molecular weight excluding hydrogens is 339 g/mol. The molecule has 0 spiro atoms. The minimum Gasteiger partial charge on any atom is -0.503 e. The van der Waals surface area contributed by atoms with Gasteiger partial charge in [-0.05, 0) is 47.0 Å². The van der Waals surface area contributed by atoms with E-state index in [0.29, 0.717) is 23.2 Å². The number of benzene rings is 1. The number of piperazine rings is 1. The summed E-state index contributed by atoms with van der Waals surface area (Å²) in [4.78, 5) is 2.28. The van der Waals surface area contributed by atoms with Gasteiger partial charge >= 0.3 is 0 Å². The van der Waals surface area contributed by atoms with E-state index in [1.165, 1.54) is 0 Å². The van der Waals surface area contributed by atoms with Gasteiger partial charge < -0.3 is 15.2 Å². The molecule has 1 atom stereocenters. The first-order valence-corrected chi connectivity index (χ1v) is 8.12. The van der Waals surface area contributed by atoms with Crippen LogP contribution in [0.15, 0.2) is 16.6 Å². The first-order chi connectivity index (χ1) is 10.2. The van der Waals surface area contributed by atoms with Crippen molar-refractivity contribution in [2.24, 2.45) is 0 Å². The molecule has 0 amide bonds. The predicted molar refractivity (Wildman–Crippen MR) is 84.8 cm³/mol.